The SMILES string of the molecule is c1ccc2c(CN3CCC(N4CCCCCC4)CC3)cccc2c1. The molecule has 0 aliphatic carbocycles. The highest BCUT2D eigenvalue weighted by molar-refractivity contribution is 5.85. The Kier molecular flexibility index (Phi) is 5.15. The third-order valence-electron chi connectivity index (χ3n) is 5.99. The monoisotopic (exact) mass is 322 g/mol. The van der Waals surface area contributed by atoms with Gasteiger partial charge in [0.05, 0.1) is 0 Å². The Labute approximate surface area is 146 Å². The zero-order chi connectivity index (χ0) is 16.2. The number of hydrogen-bond acceptors (Lipinski definition) is 2. The van der Waals surface area contributed by atoms with Crippen molar-refractivity contribution < 1.29 is 0 Å². The third kappa shape index (κ3) is 3.65. The van der Waals surface area contributed by atoms with E-state index >= 15 is 0 Å². The van der Waals surface area contributed by atoms with Crippen molar-refractivity contribution in [1.82, 2.24) is 9.80 Å². The minimum Gasteiger partial charge on any atom is -0.300 e. The highest BCUT2D eigenvalue weighted by Crippen LogP contribution is 2.24. The second kappa shape index (κ2) is 7.67. The Morgan fingerprint density at radius 3 is 2.25 bits per heavy atom. The molecule has 2 aromatic rings. The van der Waals surface area contributed by atoms with Gasteiger partial charge in [-0.3, -0.25) is 4.90 Å². The average Bonchev–Trinajstić information content (AvgIpc) is 2.92. The molecule has 0 amide bonds. The summed E-state index contributed by atoms with van der Waals surface area (Å²) in [7, 11) is 0. The van der Waals surface area contributed by atoms with Gasteiger partial charge in [0.1, 0.15) is 0 Å². The smallest absolute Gasteiger partial charge is 0.0239 e. The number of fused-ring (bicyclic) bond motifs is 1. The molecule has 128 valence electrons. The van der Waals surface area contributed by atoms with Gasteiger partial charge in [-0.05, 0) is 68.2 Å². The van der Waals surface area contributed by atoms with Crippen LogP contribution < -0.4 is 0 Å². The van der Waals surface area contributed by atoms with Crippen LogP contribution in [0.2, 0.25) is 0 Å². The molecule has 2 aliphatic heterocycles. The molecule has 2 heterocycles. The fourth-order valence-electron chi connectivity index (χ4n) is 4.57. The van der Waals surface area contributed by atoms with E-state index in [1.807, 2.05) is 0 Å². The van der Waals surface area contributed by atoms with Crippen molar-refractivity contribution in [2.24, 2.45) is 0 Å². The molecule has 0 N–H and O–H groups in total. The molecule has 0 bridgehead atoms. The highest BCUT2D eigenvalue weighted by atomic mass is 15.2. The van der Waals surface area contributed by atoms with E-state index in [4.69, 9.17) is 0 Å². The van der Waals surface area contributed by atoms with Crippen molar-refractivity contribution in [2.45, 2.75) is 51.1 Å². The Hall–Kier alpha value is -1.38. The second-order valence-electron chi connectivity index (χ2n) is 7.60. The van der Waals surface area contributed by atoms with E-state index in [1.54, 1.807) is 0 Å². The zero-order valence-corrected chi connectivity index (χ0v) is 14.8. The van der Waals surface area contributed by atoms with Crippen molar-refractivity contribution in [1.29, 1.82) is 0 Å². The molecule has 2 aliphatic rings. The summed E-state index contributed by atoms with van der Waals surface area (Å²) in [5.41, 5.74) is 1.49. The molecule has 2 heteroatoms. The lowest BCUT2D eigenvalue weighted by Gasteiger charge is -2.38. The molecule has 0 atom stereocenters. The molecule has 0 aromatic heterocycles. The quantitative estimate of drug-likeness (QED) is 0.809. The van der Waals surface area contributed by atoms with E-state index in [0.29, 0.717) is 0 Å². The molecule has 2 saturated heterocycles. The first kappa shape index (κ1) is 16.1. The van der Waals surface area contributed by atoms with Crippen molar-refractivity contribution in [3.05, 3.63) is 48.0 Å². The average molecular weight is 322 g/mol. The standard InChI is InChI=1S/C22H30N2/c1-2-6-15-24(14-5-1)21-12-16-23(17-13-21)18-20-10-7-9-19-8-3-4-11-22(19)20/h3-4,7-11,21H,1-2,5-6,12-18H2. The fraction of sp³-hybridized carbons (Fsp3) is 0.545. The topological polar surface area (TPSA) is 6.48 Å². The first-order valence-electron chi connectivity index (χ1n) is 9.83. The lowest BCUT2D eigenvalue weighted by Crippen LogP contribution is -2.45. The molecule has 0 radical (unpaired) electrons. The predicted molar refractivity (Wildman–Crippen MR) is 102 cm³/mol. The molecule has 0 saturated carbocycles. The normalized spacial score (nSPS) is 21.8. The van der Waals surface area contributed by atoms with Gasteiger partial charge in [-0.25, -0.2) is 0 Å². The predicted octanol–water partition coefficient (Wildman–Crippen LogP) is 4.68. The fourth-order valence-corrected chi connectivity index (χ4v) is 4.57. The lowest BCUT2D eigenvalue weighted by atomic mass is 10.00. The molecule has 0 spiro atoms. The van der Waals surface area contributed by atoms with Gasteiger partial charge in [-0.15, -0.1) is 0 Å². The van der Waals surface area contributed by atoms with Gasteiger partial charge in [0.15, 0.2) is 0 Å². The van der Waals surface area contributed by atoms with Crippen LogP contribution >= 0.6 is 0 Å². The van der Waals surface area contributed by atoms with Gasteiger partial charge < -0.3 is 4.90 Å². The van der Waals surface area contributed by atoms with Crippen LogP contribution in [0.4, 0.5) is 0 Å². The molecule has 0 unspecified atom stereocenters. The molecule has 2 nitrogen and oxygen atoms in total. The summed E-state index contributed by atoms with van der Waals surface area (Å²) in [6, 6.07) is 16.4. The van der Waals surface area contributed by atoms with Crippen molar-refractivity contribution in [2.75, 3.05) is 26.2 Å². The van der Waals surface area contributed by atoms with Gasteiger partial charge in [0.25, 0.3) is 0 Å². The molecular formula is C22H30N2. The number of piperidine rings is 1. The maximum atomic E-state index is 2.79. The van der Waals surface area contributed by atoms with E-state index in [-0.39, 0.29) is 0 Å². The molecule has 24 heavy (non-hydrogen) atoms. The van der Waals surface area contributed by atoms with Crippen LogP contribution in [0.15, 0.2) is 42.5 Å². The van der Waals surface area contributed by atoms with E-state index < -0.39 is 0 Å². The zero-order valence-electron chi connectivity index (χ0n) is 14.8. The number of rotatable bonds is 3. The van der Waals surface area contributed by atoms with Crippen molar-refractivity contribution in [3.63, 3.8) is 0 Å². The van der Waals surface area contributed by atoms with Gasteiger partial charge in [-0.2, -0.15) is 0 Å². The summed E-state index contributed by atoms with van der Waals surface area (Å²) in [5.74, 6) is 0. The van der Waals surface area contributed by atoms with Crippen molar-refractivity contribution in [3.8, 4) is 0 Å². The summed E-state index contributed by atoms with van der Waals surface area (Å²) in [4.78, 5) is 5.46. The van der Waals surface area contributed by atoms with E-state index in [9.17, 15) is 0 Å². The number of nitrogens with zero attached hydrogens (tertiary/aromatic N) is 2. The highest BCUT2D eigenvalue weighted by Gasteiger charge is 2.25. The van der Waals surface area contributed by atoms with Crippen LogP contribution in [0.1, 0.15) is 44.1 Å². The minimum absolute atomic E-state index is 0.840. The summed E-state index contributed by atoms with van der Waals surface area (Å²) in [6.45, 7) is 6.30. The summed E-state index contributed by atoms with van der Waals surface area (Å²) in [5, 5.41) is 2.80. The Balaban J connectivity index is 1.37. The van der Waals surface area contributed by atoms with Gasteiger partial charge in [0, 0.05) is 12.6 Å². The molecule has 4 rings (SSSR count). The van der Waals surface area contributed by atoms with Crippen LogP contribution in [0.5, 0.6) is 0 Å². The van der Waals surface area contributed by atoms with Crippen LogP contribution in [0, 0.1) is 0 Å². The first-order valence-corrected chi connectivity index (χ1v) is 9.83. The number of likely N-dealkylation sites (tertiary alicyclic amines) is 2. The summed E-state index contributed by atoms with van der Waals surface area (Å²) < 4.78 is 0. The van der Waals surface area contributed by atoms with Gasteiger partial charge >= 0.3 is 0 Å². The van der Waals surface area contributed by atoms with Crippen molar-refractivity contribution >= 4 is 10.8 Å². The van der Waals surface area contributed by atoms with Crippen LogP contribution in [-0.4, -0.2) is 42.0 Å². The Bertz CT molecular complexity index is 645. The van der Waals surface area contributed by atoms with Crippen LogP contribution in [0.25, 0.3) is 10.8 Å². The van der Waals surface area contributed by atoms with Gasteiger partial charge in [0.2, 0.25) is 0 Å². The maximum absolute atomic E-state index is 2.79. The number of benzene rings is 2. The van der Waals surface area contributed by atoms with Crippen LogP contribution in [-0.2, 0) is 6.54 Å². The second-order valence-corrected chi connectivity index (χ2v) is 7.60. The minimum atomic E-state index is 0.840. The van der Waals surface area contributed by atoms with E-state index in [0.717, 1.165) is 12.6 Å². The van der Waals surface area contributed by atoms with E-state index in [2.05, 4.69) is 52.3 Å². The van der Waals surface area contributed by atoms with Gasteiger partial charge in [-0.1, -0.05) is 55.3 Å². The maximum Gasteiger partial charge on any atom is 0.0239 e. The Morgan fingerprint density at radius 2 is 1.46 bits per heavy atom. The van der Waals surface area contributed by atoms with Crippen LogP contribution in [0.3, 0.4) is 0 Å². The first-order chi connectivity index (χ1) is 11.9. The summed E-state index contributed by atoms with van der Waals surface area (Å²) in [6.07, 6.45) is 8.41. The molecular weight excluding hydrogens is 292 g/mol. The molecule has 2 fully saturated rings. The largest absolute Gasteiger partial charge is 0.300 e. The molecule has 2 aromatic carbocycles. The Morgan fingerprint density at radius 1 is 0.750 bits per heavy atom. The lowest BCUT2D eigenvalue weighted by molar-refractivity contribution is 0.107. The number of hydrogen-bond donors (Lipinski definition) is 0. The van der Waals surface area contributed by atoms with E-state index in [1.165, 1.54) is 81.0 Å². The summed E-state index contributed by atoms with van der Waals surface area (Å²) >= 11 is 0. The third-order valence-corrected chi connectivity index (χ3v) is 5.99.